The summed E-state index contributed by atoms with van der Waals surface area (Å²) < 4.78 is 18.1. The molecule has 0 radical (unpaired) electrons. The Bertz CT molecular complexity index is 716. The molecule has 2 aromatic rings. The Hall–Kier alpha value is -2.72. The lowest BCUT2D eigenvalue weighted by Gasteiger charge is -2.05. The van der Waals surface area contributed by atoms with E-state index in [0.29, 0.717) is 5.82 Å². The third-order valence-corrected chi connectivity index (χ3v) is 2.50. The average molecular weight is 289 g/mol. The van der Waals surface area contributed by atoms with Gasteiger partial charge < -0.3 is 14.9 Å². The van der Waals surface area contributed by atoms with E-state index in [1.165, 1.54) is 6.07 Å². The molecule has 1 aromatic heterocycles. The number of nitrogens with one attached hydrogen (secondary N) is 1. The van der Waals surface area contributed by atoms with Crippen molar-refractivity contribution in [3.8, 4) is 11.8 Å². The highest BCUT2D eigenvalue weighted by molar-refractivity contribution is 5.96. The average Bonchev–Trinajstić information content (AvgIpc) is 2.88. The minimum absolute atomic E-state index is 0.0594. The minimum atomic E-state index is -0.513. The summed E-state index contributed by atoms with van der Waals surface area (Å²) >= 11 is 0. The summed E-state index contributed by atoms with van der Waals surface area (Å²) in [5.74, 6) is 4.69. The maximum absolute atomic E-state index is 13.2. The fraction of sp³-hybridized carbons (Fsp3) is 0.214. The molecule has 7 heteroatoms. The molecule has 0 saturated heterocycles. The highest BCUT2D eigenvalue weighted by atomic mass is 19.1. The summed E-state index contributed by atoms with van der Waals surface area (Å²) in [4.78, 5) is 16.0. The number of hydrogen-bond donors (Lipinski definition) is 2. The summed E-state index contributed by atoms with van der Waals surface area (Å²) in [5.41, 5.74) is 0.400. The second kappa shape index (κ2) is 6.63. The van der Waals surface area contributed by atoms with Crippen molar-refractivity contribution in [2.45, 2.75) is 13.5 Å². The Morgan fingerprint density at radius 3 is 3.00 bits per heavy atom. The lowest BCUT2D eigenvalue weighted by molar-refractivity contribution is 0.0946. The van der Waals surface area contributed by atoms with Crippen LogP contribution < -0.4 is 5.32 Å². The summed E-state index contributed by atoms with van der Waals surface area (Å²) in [7, 11) is 0. The Kier molecular flexibility index (Phi) is 4.64. The van der Waals surface area contributed by atoms with Gasteiger partial charge in [-0.2, -0.15) is 4.98 Å². The number of aryl methyl sites for hydroxylation is 1. The first-order valence-electron chi connectivity index (χ1n) is 6.07. The minimum Gasteiger partial charge on any atom is -0.384 e. The van der Waals surface area contributed by atoms with Crippen LogP contribution in [-0.4, -0.2) is 27.8 Å². The van der Waals surface area contributed by atoms with Crippen LogP contribution in [0.15, 0.2) is 22.7 Å². The molecule has 0 spiro atoms. The van der Waals surface area contributed by atoms with E-state index < -0.39 is 11.7 Å². The Labute approximate surface area is 120 Å². The van der Waals surface area contributed by atoms with Gasteiger partial charge in [0.15, 0.2) is 5.82 Å². The van der Waals surface area contributed by atoms with Gasteiger partial charge in [0.05, 0.1) is 12.1 Å². The number of carbonyl (C=O) groups excluding carboxylic acids is 1. The highest BCUT2D eigenvalue weighted by Gasteiger charge is 2.12. The van der Waals surface area contributed by atoms with Gasteiger partial charge in [-0.1, -0.05) is 17.0 Å². The van der Waals surface area contributed by atoms with Gasteiger partial charge in [0.1, 0.15) is 12.4 Å². The van der Waals surface area contributed by atoms with E-state index in [1.807, 2.05) is 0 Å². The van der Waals surface area contributed by atoms with E-state index in [0.717, 1.165) is 12.1 Å². The first-order valence-corrected chi connectivity index (χ1v) is 6.07. The Balaban J connectivity index is 2.14. The third kappa shape index (κ3) is 3.87. The SMILES string of the molecule is Cc1noc(CNC(=O)c2ccc(F)cc2C#CCO)n1. The standard InChI is InChI=1S/C14H12FN3O3/c1-9-17-13(21-18-9)8-16-14(20)12-5-4-11(15)7-10(12)3-2-6-19/h4-5,7,19H,6,8H2,1H3,(H,16,20). The van der Waals surface area contributed by atoms with Crippen molar-refractivity contribution in [1.29, 1.82) is 0 Å². The van der Waals surface area contributed by atoms with Crippen LogP contribution in [-0.2, 0) is 6.54 Å². The highest BCUT2D eigenvalue weighted by Crippen LogP contribution is 2.10. The van der Waals surface area contributed by atoms with Crippen molar-refractivity contribution in [2.75, 3.05) is 6.61 Å². The molecular formula is C14H12FN3O3. The van der Waals surface area contributed by atoms with Crippen LogP contribution in [0.25, 0.3) is 0 Å². The Morgan fingerprint density at radius 2 is 2.33 bits per heavy atom. The lowest BCUT2D eigenvalue weighted by atomic mass is 10.1. The van der Waals surface area contributed by atoms with Crippen molar-refractivity contribution in [3.05, 3.63) is 46.9 Å². The number of amides is 1. The van der Waals surface area contributed by atoms with Crippen molar-refractivity contribution >= 4 is 5.91 Å². The second-order valence-corrected chi connectivity index (χ2v) is 4.07. The molecule has 0 saturated carbocycles. The van der Waals surface area contributed by atoms with E-state index in [4.69, 9.17) is 9.63 Å². The lowest BCUT2D eigenvalue weighted by Crippen LogP contribution is -2.24. The molecule has 1 aromatic carbocycles. The predicted octanol–water partition coefficient (Wildman–Crippen LogP) is 0.791. The van der Waals surface area contributed by atoms with E-state index in [2.05, 4.69) is 27.3 Å². The van der Waals surface area contributed by atoms with Crippen LogP contribution >= 0.6 is 0 Å². The number of rotatable bonds is 3. The monoisotopic (exact) mass is 289 g/mol. The van der Waals surface area contributed by atoms with Gasteiger partial charge in [0.2, 0.25) is 5.89 Å². The number of aliphatic hydroxyl groups excluding tert-OH is 1. The number of aliphatic hydroxyl groups is 1. The van der Waals surface area contributed by atoms with Gasteiger partial charge in [-0.05, 0) is 25.1 Å². The van der Waals surface area contributed by atoms with E-state index in [-0.39, 0.29) is 30.2 Å². The summed E-state index contributed by atoms with van der Waals surface area (Å²) in [5, 5.41) is 14.9. The first kappa shape index (κ1) is 14.7. The number of halogens is 1. The molecule has 1 heterocycles. The van der Waals surface area contributed by atoms with Crippen molar-refractivity contribution in [1.82, 2.24) is 15.5 Å². The van der Waals surface area contributed by atoms with Gasteiger partial charge in [-0.3, -0.25) is 4.79 Å². The Morgan fingerprint density at radius 1 is 1.52 bits per heavy atom. The first-order chi connectivity index (χ1) is 10.1. The summed E-state index contributed by atoms with van der Waals surface area (Å²) in [6.07, 6.45) is 0. The molecule has 0 aliphatic heterocycles. The third-order valence-electron chi connectivity index (χ3n) is 2.50. The fourth-order valence-electron chi connectivity index (χ4n) is 1.62. The number of benzene rings is 1. The largest absolute Gasteiger partial charge is 0.384 e. The molecule has 2 rings (SSSR count). The molecule has 108 valence electrons. The molecular weight excluding hydrogens is 277 g/mol. The van der Waals surface area contributed by atoms with Crippen LogP contribution in [0.1, 0.15) is 27.6 Å². The van der Waals surface area contributed by atoms with Crippen molar-refractivity contribution < 1.29 is 18.8 Å². The van der Waals surface area contributed by atoms with Crippen molar-refractivity contribution in [3.63, 3.8) is 0 Å². The van der Waals surface area contributed by atoms with Gasteiger partial charge in [-0.15, -0.1) is 0 Å². The van der Waals surface area contributed by atoms with E-state index in [9.17, 15) is 9.18 Å². The van der Waals surface area contributed by atoms with Crippen LogP contribution in [0.4, 0.5) is 4.39 Å². The molecule has 0 fully saturated rings. The molecule has 2 N–H and O–H groups in total. The maximum atomic E-state index is 13.2. The number of aromatic nitrogens is 2. The molecule has 0 atom stereocenters. The van der Waals surface area contributed by atoms with Gasteiger partial charge in [0.25, 0.3) is 5.91 Å². The smallest absolute Gasteiger partial charge is 0.252 e. The zero-order valence-electron chi connectivity index (χ0n) is 11.2. The second-order valence-electron chi connectivity index (χ2n) is 4.07. The van der Waals surface area contributed by atoms with E-state index in [1.54, 1.807) is 6.92 Å². The number of hydrogen-bond acceptors (Lipinski definition) is 5. The topological polar surface area (TPSA) is 88.2 Å². The number of carbonyl (C=O) groups is 1. The molecule has 0 aliphatic carbocycles. The van der Waals surface area contributed by atoms with Gasteiger partial charge >= 0.3 is 0 Å². The summed E-state index contributed by atoms with van der Waals surface area (Å²) in [6.45, 7) is 1.35. The quantitative estimate of drug-likeness (QED) is 0.816. The molecule has 1 amide bonds. The van der Waals surface area contributed by atoms with Crippen LogP contribution in [0.5, 0.6) is 0 Å². The van der Waals surface area contributed by atoms with Gasteiger partial charge in [0, 0.05) is 5.56 Å². The van der Waals surface area contributed by atoms with Gasteiger partial charge in [-0.25, -0.2) is 4.39 Å². The maximum Gasteiger partial charge on any atom is 0.252 e. The molecule has 0 aliphatic rings. The predicted molar refractivity (Wildman–Crippen MR) is 70.6 cm³/mol. The van der Waals surface area contributed by atoms with Crippen LogP contribution in [0.3, 0.4) is 0 Å². The molecule has 21 heavy (non-hydrogen) atoms. The van der Waals surface area contributed by atoms with E-state index >= 15 is 0 Å². The zero-order valence-corrected chi connectivity index (χ0v) is 11.2. The van der Waals surface area contributed by atoms with Crippen LogP contribution in [0.2, 0.25) is 0 Å². The van der Waals surface area contributed by atoms with Crippen molar-refractivity contribution in [2.24, 2.45) is 0 Å². The fourth-order valence-corrected chi connectivity index (χ4v) is 1.62. The zero-order chi connectivity index (χ0) is 15.2. The molecule has 0 unspecified atom stereocenters. The van der Waals surface area contributed by atoms with Crippen LogP contribution in [0, 0.1) is 24.6 Å². The number of nitrogens with zero attached hydrogens (tertiary/aromatic N) is 2. The molecule has 6 nitrogen and oxygen atoms in total. The summed E-state index contributed by atoms with van der Waals surface area (Å²) in [6, 6.07) is 3.62. The normalized spacial score (nSPS) is 9.86. The molecule has 0 bridgehead atoms.